The van der Waals surface area contributed by atoms with Crippen LogP contribution >= 0.6 is 0 Å². The Bertz CT molecular complexity index is 602. The second-order valence-electron chi connectivity index (χ2n) is 6.32. The summed E-state index contributed by atoms with van der Waals surface area (Å²) >= 11 is 0. The average Bonchev–Trinajstić information content (AvgIpc) is 3.28. The van der Waals surface area contributed by atoms with Crippen LogP contribution in [0.2, 0.25) is 0 Å². The summed E-state index contributed by atoms with van der Waals surface area (Å²) in [5, 5.41) is 0. The van der Waals surface area contributed by atoms with Crippen LogP contribution < -0.4 is 10.5 Å². The molecule has 1 atom stereocenters. The Balaban J connectivity index is 1.73. The summed E-state index contributed by atoms with van der Waals surface area (Å²) in [5.74, 6) is 0.751. The highest BCUT2D eigenvalue weighted by molar-refractivity contribution is 7.89. The highest BCUT2D eigenvalue weighted by Crippen LogP contribution is 2.60. The quantitative estimate of drug-likeness (QED) is 0.844. The van der Waals surface area contributed by atoms with Crippen LogP contribution in [0, 0.1) is 11.3 Å². The van der Waals surface area contributed by atoms with Crippen molar-refractivity contribution in [2.75, 3.05) is 6.54 Å². The van der Waals surface area contributed by atoms with Crippen molar-refractivity contribution in [2.24, 2.45) is 17.1 Å². The number of sulfonamides is 1. The van der Waals surface area contributed by atoms with Crippen LogP contribution in [0.5, 0.6) is 0 Å². The van der Waals surface area contributed by atoms with E-state index in [1.807, 2.05) is 13.0 Å². The van der Waals surface area contributed by atoms with Crippen molar-refractivity contribution in [2.45, 2.75) is 43.5 Å². The van der Waals surface area contributed by atoms with Gasteiger partial charge in [-0.05, 0) is 61.6 Å². The molecule has 0 radical (unpaired) electrons. The molecule has 5 heteroatoms. The van der Waals surface area contributed by atoms with Crippen LogP contribution in [-0.4, -0.2) is 15.0 Å². The number of rotatable bonds is 6. The minimum absolute atomic E-state index is 0.161. The molecule has 110 valence electrons. The van der Waals surface area contributed by atoms with E-state index in [9.17, 15) is 8.42 Å². The topological polar surface area (TPSA) is 72.2 Å². The van der Waals surface area contributed by atoms with E-state index in [-0.39, 0.29) is 11.5 Å². The lowest BCUT2D eigenvalue weighted by Gasteiger charge is -2.16. The van der Waals surface area contributed by atoms with Gasteiger partial charge in [-0.25, -0.2) is 13.1 Å². The average molecular weight is 294 g/mol. The minimum Gasteiger partial charge on any atom is -0.324 e. The molecule has 0 spiro atoms. The van der Waals surface area contributed by atoms with E-state index in [0.29, 0.717) is 11.4 Å². The van der Waals surface area contributed by atoms with Crippen molar-refractivity contribution < 1.29 is 8.42 Å². The van der Waals surface area contributed by atoms with Gasteiger partial charge in [0.25, 0.3) is 0 Å². The first-order valence-corrected chi connectivity index (χ1v) is 8.76. The van der Waals surface area contributed by atoms with Crippen LogP contribution in [0.4, 0.5) is 0 Å². The lowest BCUT2D eigenvalue weighted by molar-refractivity contribution is 0.432. The van der Waals surface area contributed by atoms with Gasteiger partial charge in [0.2, 0.25) is 10.0 Å². The van der Waals surface area contributed by atoms with E-state index < -0.39 is 10.0 Å². The van der Waals surface area contributed by atoms with Gasteiger partial charge >= 0.3 is 0 Å². The highest BCUT2D eigenvalue weighted by atomic mass is 32.2. The highest BCUT2D eigenvalue weighted by Gasteiger charge is 2.53. The van der Waals surface area contributed by atoms with Gasteiger partial charge in [-0.1, -0.05) is 12.1 Å². The fourth-order valence-electron chi connectivity index (χ4n) is 2.87. The molecule has 20 heavy (non-hydrogen) atoms. The summed E-state index contributed by atoms with van der Waals surface area (Å²) in [6, 6.07) is 6.75. The SMILES string of the molecule is CC(N)c1cccc(S(=O)(=O)NCC2(C3CC3)CC2)c1. The zero-order chi connectivity index (χ0) is 14.4. The Hall–Kier alpha value is -0.910. The Kier molecular flexibility index (Phi) is 3.39. The van der Waals surface area contributed by atoms with Crippen LogP contribution in [0.3, 0.4) is 0 Å². The zero-order valence-electron chi connectivity index (χ0n) is 11.8. The number of nitrogens with one attached hydrogen (secondary N) is 1. The molecule has 3 N–H and O–H groups in total. The molecule has 0 heterocycles. The second kappa shape index (κ2) is 4.83. The van der Waals surface area contributed by atoms with Crippen LogP contribution in [0.15, 0.2) is 29.2 Å². The molecule has 0 aliphatic heterocycles. The van der Waals surface area contributed by atoms with Crippen molar-refractivity contribution in [3.05, 3.63) is 29.8 Å². The fourth-order valence-corrected chi connectivity index (χ4v) is 4.07. The predicted molar refractivity (Wildman–Crippen MR) is 78.6 cm³/mol. The summed E-state index contributed by atoms with van der Waals surface area (Å²) < 4.78 is 27.5. The molecule has 2 aliphatic carbocycles. The third-order valence-electron chi connectivity index (χ3n) is 4.64. The fraction of sp³-hybridized carbons (Fsp3) is 0.600. The van der Waals surface area contributed by atoms with Gasteiger partial charge in [-0.3, -0.25) is 0 Å². The van der Waals surface area contributed by atoms with E-state index in [1.54, 1.807) is 18.2 Å². The van der Waals surface area contributed by atoms with Gasteiger partial charge in [0.05, 0.1) is 4.90 Å². The van der Waals surface area contributed by atoms with Crippen LogP contribution in [0.25, 0.3) is 0 Å². The summed E-state index contributed by atoms with van der Waals surface area (Å²) in [6.45, 7) is 2.44. The maximum atomic E-state index is 12.4. The van der Waals surface area contributed by atoms with Crippen molar-refractivity contribution in [1.29, 1.82) is 0 Å². The van der Waals surface area contributed by atoms with Crippen molar-refractivity contribution >= 4 is 10.0 Å². The normalized spacial score (nSPS) is 22.5. The molecule has 4 nitrogen and oxygen atoms in total. The molecule has 2 aliphatic rings. The monoisotopic (exact) mass is 294 g/mol. The second-order valence-corrected chi connectivity index (χ2v) is 8.09. The molecule has 0 bridgehead atoms. The summed E-state index contributed by atoms with van der Waals surface area (Å²) in [4.78, 5) is 0.318. The Labute approximate surface area is 120 Å². The number of nitrogens with two attached hydrogens (primary N) is 1. The summed E-state index contributed by atoms with van der Waals surface area (Å²) in [7, 11) is -3.42. The first-order chi connectivity index (χ1) is 9.43. The number of hydrogen-bond acceptors (Lipinski definition) is 3. The van der Waals surface area contributed by atoms with Gasteiger partial charge in [0.15, 0.2) is 0 Å². The smallest absolute Gasteiger partial charge is 0.240 e. The third-order valence-corrected chi connectivity index (χ3v) is 6.04. The lowest BCUT2D eigenvalue weighted by atomic mass is 10.0. The van der Waals surface area contributed by atoms with Gasteiger partial charge in [-0.2, -0.15) is 0 Å². The predicted octanol–water partition coefficient (Wildman–Crippen LogP) is 2.17. The Morgan fingerprint density at radius 2 is 2.10 bits per heavy atom. The van der Waals surface area contributed by atoms with Gasteiger partial charge < -0.3 is 5.73 Å². The molecule has 0 saturated heterocycles. The van der Waals surface area contributed by atoms with E-state index in [4.69, 9.17) is 5.73 Å². The summed E-state index contributed by atoms with van der Waals surface area (Å²) in [6.07, 6.45) is 4.87. The van der Waals surface area contributed by atoms with E-state index >= 15 is 0 Å². The molecular formula is C15H22N2O2S. The van der Waals surface area contributed by atoms with Gasteiger partial charge in [-0.15, -0.1) is 0 Å². The molecule has 1 unspecified atom stereocenters. The maximum absolute atomic E-state index is 12.4. The van der Waals surface area contributed by atoms with E-state index in [2.05, 4.69) is 4.72 Å². The first-order valence-electron chi connectivity index (χ1n) is 7.28. The lowest BCUT2D eigenvalue weighted by Crippen LogP contribution is -2.31. The number of hydrogen-bond donors (Lipinski definition) is 2. The molecular weight excluding hydrogens is 272 g/mol. The van der Waals surface area contributed by atoms with Crippen LogP contribution in [0.1, 0.15) is 44.2 Å². The molecule has 0 amide bonds. The van der Waals surface area contributed by atoms with Crippen LogP contribution in [-0.2, 0) is 10.0 Å². The largest absolute Gasteiger partial charge is 0.324 e. The van der Waals surface area contributed by atoms with Crippen molar-refractivity contribution in [3.63, 3.8) is 0 Å². The minimum atomic E-state index is -3.42. The summed E-state index contributed by atoms with van der Waals surface area (Å²) in [5.41, 5.74) is 6.93. The molecule has 2 fully saturated rings. The standard InChI is InChI=1S/C15H22N2O2S/c1-11(16)12-3-2-4-14(9-12)20(18,19)17-10-15(7-8-15)13-5-6-13/h2-4,9,11,13,17H,5-8,10,16H2,1H3. The van der Waals surface area contributed by atoms with E-state index in [1.165, 1.54) is 25.7 Å². The molecule has 2 saturated carbocycles. The molecule has 1 aromatic carbocycles. The first kappa shape index (κ1) is 14.0. The van der Waals surface area contributed by atoms with Gasteiger partial charge in [0, 0.05) is 12.6 Å². The maximum Gasteiger partial charge on any atom is 0.240 e. The van der Waals surface area contributed by atoms with Crippen molar-refractivity contribution in [3.8, 4) is 0 Å². The third kappa shape index (κ3) is 2.75. The molecule has 1 aromatic rings. The Morgan fingerprint density at radius 1 is 1.40 bits per heavy atom. The molecule has 0 aromatic heterocycles. The Morgan fingerprint density at radius 3 is 2.65 bits per heavy atom. The number of benzene rings is 1. The van der Waals surface area contributed by atoms with Gasteiger partial charge in [0.1, 0.15) is 0 Å². The van der Waals surface area contributed by atoms with Crippen molar-refractivity contribution in [1.82, 2.24) is 4.72 Å². The zero-order valence-corrected chi connectivity index (χ0v) is 12.6. The van der Waals surface area contributed by atoms with E-state index in [0.717, 1.165) is 11.5 Å². The molecule has 3 rings (SSSR count).